The molecule has 0 saturated heterocycles. The lowest BCUT2D eigenvalue weighted by molar-refractivity contribution is -0.114. The zero-order valence-corrected chi connectivity index (χ0v) is 18.6. The number of benzene rings is 3. The Labute approximate surface area is 194 Å². The van der Waals surface area contributed by atoms with Gasteiger partial charge in [0.05, 0.1) is 42.0 Å². The molecule has 1 aliphatic rings. The summed E-state index contributed by atoms with van der Waals surface area (Å²) in [7, 11) is 3.15. The van der Waals surface area contributed by atoms with Gasteiger partial charge >= 0.3 is 0 Å². The molecular formula is C26H20N4O4. The number of ketones is 1. The molecule has 1 amide bonds. The number of aromatic nitrogens is 3. The van der Waals surface area contributed by atoms with Crippen LogP contribution in [0.3, 0.4) is 0 Å². The molecule has 1 aliphatic heterocycles. The highest BCUT2D eigenvalue weighted by molar-refractivity contribution is 6.52. The van der Waals surface area contributed by atoms with E-state index in [1.807, 2.05) is 47.0 Å². The Morgan fingerprint density at radius 2 is 1.50 bits per heavy atom. The van der Waals surface area contributed by atoms with Crippen molar-refractivity contribution in [3.8, 4) is 11.5 Å². The Balaban J connectivity index is 1.52. The van der Waals surface area contributed by atoms with E-state index >= 15 is 0 Å². The van der Waals surface area contributed by atoms with Crippen LogP contribution in [0.5, 0.6) is 11.5 Å². The number of ether oxygens (including phenoxy) is 2. The van der Waals surface area contributed by atoms with Gasteiger partial charge in [0.1, 0.15) is 17.0 Å². The van der Waals surface area contributed by atoms with E-state index in [4.69, 9.17) is 19.4 Å². The summed E-state index contributed by atoms with van der Waals surface area (Å²) >= 11 is 0. The molecule has 34 heavy (non-hydrogen) atoms. The summed E-state index contributed by atoms with van der Waals surface area (Å²) in [5.74, 6) is 0.0775. The Morgan fingerprint density at radius 3 is 2.26 bits per heavy atom. The Kier molecular flexibility index (Phi) is 4.48. The molecule has 5 aromatic rings. The zero-order chi connectivity index (χ0) is 23.4. The Bertz CT molecular complexity index is 1640. The van der Waals surface area contributed by atoms with E-state index < -0.39 is 11.7 Å². The highest BCUT2D eigenvalue weighted by Crippen LogP contribution is 2.38. The van der Waals surface area contributed by atoms with E-state index in [1.165, 1.54) is 12.0 Å². The van der Waals surface area contributed by atoms with E-state index in [-0.39, 0.29) is 6.54 Å². The summed E-state index contributed by atoms with van der Waals surface area (Å²) in [4.78, 5) is 36.7. The minimum absolute atomic E-state index is 0.253. The van der Waals surface area contributed by atoms with E-state index in [9.17, 15) is 9.59 Å². The van der Waals surface area contributed by atoms with Gasteiger partial charge in [0.2, 0.25) is 0 Å². The van der Waals surface area contributed by atoms with Crippen molar-refractivity contribution in [2.24, 2.45) is 0 Å². The smallest absolute Gasteiger partial charge is 0.299 e. The monoisotopic (exact) mass is 452 g/mol. The molecule has 2 aromatic heterocycles. The van der Waals surface area contributed by atoms with Crippen molar-refractivity contribution in [2.75, 3.05) is 25.7 Å². The third-order valence-corrected chi connectivity index (χ3v) is 6.27. The van der Waals surface area contributed by atoms with Crippen LogP contribution < -0.4 is 14.4 Å². The average Bonchev–Trinajstić information content (AvgIpc) is 3.32. The maximum atomic E-state index is 12.9. The molecule has 0 bridgehead atoms. The van der Waals surface area contributed by atoms with Crippen LogP contribution >= 0.6 is 0 Å². The molecule has 0 radical (unpaired) electrons. The second-order valence-electron chi connectivity index (χ2n) is 8.03. The van der Waals surface area contributed by atoms with E-state index in [0.29, 0.717) is 34.9 Å². The van der Waals surface area contributed by atoms with Crippen LogP contribution in [-0.4, -0.2) is 47.0 Å². The predicted octanol–water partition coefficient (Wildman–Crippen LogP) is 3.98. The fraction of sp³-hybridized carbons (Fsp3) is 0.154. The second-order valence-corrected chi connectivity index (χ2v) is 8.03. The molecule has 0 aliphatic carbocycles. The van der Waals surface area contributed by atoms with Crippen molar-refractivity contribution in [1.82, 2.24) is 14.5 Å². The lowest BCUT2D eigenvalue weighted by Gasteiger charge is -2.20. The van der Waals surface area contributed by atoms with Gasteiger partial charge in [-0.05, 0) is 30.3 Å². The minimum atomic E-state index is -0.566. The molecular weight excluding hydrogens is 432 g/mol. The molecule has 0 saturated carbocycles. The third-order valence-electron chi connectivity index (χ3n) is 6.27. The number of carbonyl (C=O) groups excluding carboxylic acids is 2. The summed E-state index contributed by atoms with van der Waals surface area (Å²) < 4.78 is 13.1. The fourth-order valence-corrected chi connectivity index (χ4v) is 4.74. The fourth-order valence-electron chi connectivity index (χ4n) is 4.74. The highest BCUT2D eigenvalue weighted by atomic mass is 16.5. The van der Waals surface area contributed by atoms with Gasteiger partial charge in [0.25, 0.3) is 11.7 Å². The van der Waals surface area contributed by atoms with Gasteiger partial charge in [0, 0.05) is 18.5 Å². The van der Waals surface area contributed by atoms with Gasteiger partial charge < -0.3 is 14.0 Å². The first-order chi connectivity index (χ1) is 16.6. The SMILES string of the molecule is COc1cccc2c1N(CCn1c3nc4ccccc4nc3c3cccc(OC)c31)C(=O)C2=O. The first-order valence-electron chi connectivity index (χ1n) is 10.9. The normalized spacial score (nSPS) is 13.3. The van der Waals surface area contributed by atoms with Crippen LogP contribution in [0, 0.1) is 0 Å². The van der Waals surface area contributed by atoms with Crippen LogP contribution in [0.1, 0.15) is 10.4 Å². The van der Waals surface area contributed by atoms with Gasteiger partial charge in [0.15, 0.2) is 5.65 Å². The quantitative estimate of drug-likeness (QED) is 0.375. The topological polar surface area (TPSA) is 86.5 Å². The number of rotatable bonds is 5. The molecule has 0 atom stereocenters. The summed E-state index contributed by atoms with van der Waals surface area (Å²) in [6, 6.07) is 18.6. The number of anilines is 1. The van der Waals surface area contributed by atoms with Crippen LogP contribution in [0.15, 0.2) is 60.7 Å². The molecule has 3 heterocycles. The van der Waals surface area contributed by atoms with Crippen molar-refractivity contribution in [1.29, 1.82) is 0 Å². The molecule has 8 heteroatoms. The summed E-state index contributed by atoms with van der Waals surface area (Å²) in [6.45, 7) is 0.632. The molecule has 8 nitrogen and oxygen atoms in total. The highest BCUT2D eigenvalue weighted by Gasteiger charge is 2.38. The van der Waals surface area contributed by atoms with Crippen LogP contribution in [0.4, 0.5) is 5.69 Å². The van der Waals surface area contributed by atoms with Gasteiger partial charge in [-0.2, -0.15) is 0 Å². The van der Waals surface area contributed by atoms with E-state index in [0.717, 1.165) is 27.5 Å². The first kappa shape index (κ1) is 20.2. The van der Waals surface area contributed by atoms with Crippen molar-refractivity contribution in [3.63, 3.8) is 0 Å². The largest absolute Gasteiger partial charge is 0.495 e. The first-order valence-corrected chi connectivity index (χ1v) is 10.9. The number of methoxy groups -OCH3 is 2. The molecule has 6 rings (SSSR count). The summed E-state index contributed by atoms with van der Waals surface area (Å²) in [6.07, 6.45) is 0. The number of nitrogens with zero attached hydrogens (tertiary/aromatic N) is 4. The Morgan fingerprint density at radius 1 is 0.794 bits per heavy atom. The number of hydrogen-bond acceptors (Lipinski definition) is 6. The van der Waals surface area contributed by atoms with Crippen LogP contribution in [-0.2, 0) is 11.3 Å². The maximum absolute atomic E-state index is 12.9. The summed E-state index contributed by atoms with van der Waals surface area (Å²) in [5, 5.41) is 0.911. The maximum Gasteiger partial charge on any atom is 0.299 e. The Hall–Kier alpha value is -4.46. The van der Waals surface area contributed by atoms with Gasteiger partial charge in [-0.15, -0.1) is 0 Å². The molecule has 0 fully saturated rings. The van der Waals surface area contributed by atoms with Crippen molar-refractivity contribution < 1.29 is 19.1 Å². The molecule has 3 aromatic carbocycles. The number of amides is 1. The number of fused-ring (bicyclic) bond motifs is 5. The van der Waals surface area contributed by atoms with Gasteiger partial charge in [-0.3, -0.25) is 14.5 Å². The zero-order valence-electron chi connectivity index (χ0n) is 18.6. The molecule has 0 spiro atoms. The lowest BCUT2D eigenvalue weighted by atomic mass is 10.1. The molecule has 0 unspecified atom stereocenters. The molecule has 168 valence electrons. The second kappa shape index (κ2) is 7.55. The third kappa shape index (κ3) is 2.78. The number of hydrogen-bond donors (Lipinski definition) is 0. The van der Waals surface area contributed by atoms with Crippen molar-refractivity contribution in [3.05, 3.63) is 66.2 Å². The average molecular weight is 452 g/mol. The van der Waals surface area contributed by atoms with Crippen LogP contribution in [0.25, 0.3) is 33.1 Å². The summed E-state index contributed by atoms with van der Waals surface area (Å²) in [5.41, 5.74) is 4.73. The van der Waals surface area contributed by atoms with E-state index in [1.54, 1.807) is 25.3 Å². The predicted molar refractivity (Wildman–Crippen MR) is 129 cm³/mol. The number of Topliss-reactive ketones (excluding diaryl/α,β-unsaturated/α-hetero) is 1. The number of para-hydroxylation sites is 4. The molecule has 0 N–H and O–H groups in total. The van der Waals surface area contributed by atoms with Crippen molar-refractivity contribution >= 4 is 50.5 Å². The van der Waals surface area contributed by atoms with E-state index in [2.05, 4.69) is 0 Å². The minimum Gasteiger partial charge on any atom is -0.495 e. The van der Waals surface area contributed by atoms with Gasteiger partial charge in [-0.25, -0.2) is 9.97 Å². The number of carbonyl (C=O) groups is 2. The van der Waals surface area contributed by atoms with Gasteiger partial charge in [-0.1, -0.05) is 30.3 Å². The lowest BCUT2D eigenvalue weighted by Crippen LogP contribution is -2.33. The van der Waals surface area contributed by atoms with Crippen LogP contribution in [0.2, 0.25) is 0 Å². The standard InChI is InChI=1S/C26H20N4O4/c1-33-19-11-5-7-15-21-25(28-18-10-4-3-9-17(18)27-21)29(22(15)19)13-14-30-23-16(24(31)26(30)32)8-6-12-20(23)34-2/h3-12H,13-14H2,1-2H3. The van der Waals surface area contributed by atoms with Crippen molar-refractivity contribution in [2.45, 2.75) is 6.54 Å².